The molecule has 134 valence electrons. The van der Waals surface area contributed by atoms with E-state index in [0.717, 1.165) is 17.8 Å². The number of rotatable bonds is 6. The summed E-state index contributed by atoms with van der Waals surface area (Å²) < 4.78 is 25.1. The van der Waals surface area contributed by atoms with Crippen LogP contribution in [0.4, 0.5) is 4.39 Å². The molecule has 0 saturated carbocycles. The van der Waals surface area contributed by atoms with Gasteiger partial charge in [0.05, 0.1) is 5.75 Å². The van der Waals surface area contributed by atoms with Crippen LogP contribution < -0.4 is 9.47 Å². The first kappa shape index (κ1) is 18.0. The number of carbonyl (C=O) groups is 2. The van der Waals surface area contributed by atoms with Gasteiger partial charge >= 0.3 is 5.97 Å². The van der Waals surface area contributed by atoms with Crippen molar-refractivity contribution in [3.8, 4) is 11.5 Å². The second-order valence-corrected chi connectivity index (χ2v) is 6.41. The number of carboxylic acid groups (broad SMARTS) is 1. The summed E-state index contributed by atoms with van der Waals surface area (Å²) in [6.45, 7) is 0.914. The molecule has 0 spiro atoms. The minimum absolute atomic E-state index is 0.181. The van der Waals surface area contributed by atoms with Gasteiger partial charge in [0.25, 0.3) is 0 Å². The lowest BCUT2D eigenvalue weighted by molar-refractivity contribution is -0.133. The molecule has 5 nitrogen and oxygen atoms in total. The molecule has 1 aliphatic rings. The van der Waals surface area contributed by atoms with Crippen molar-refractivity contribution in [2.24, 2.45) is 0 Å². The second kappa shape index (κ2) is 8.05. The minimum atomic E-state index is -1.03. The number of ketones is 1. The van der Waals surface area contributed by atoms with Crippen LogP contribution in [0, 0.1) is 5.82 Å². The Hall–Kier alpha value is -2.80. The van der Waals surface area contributed by atoms with Crippen LogP contribution in [0.15, 0.2) is 47.4 Å². The number of thioether (sulfide) groups is 1. The predicted octanol–water partition coefficient (Wildman–Crippen LogP) is 3.67. The van der Waals surface area contributed by atoms with E-state index in [9.17, 15) is 14.0 Å². The van der Waals surface area contributed by atoms with E-state index in [-0.39, 0.29) is 22.0 Å². The van der Waals surface area contributed by atoms with E-state index < -0.39 is 11.8 Å². The van der Waals surface area contributed by atoms with Crippen LogP contribution in [0.2, 0.25) is 0 Å². The van der Waals surface area contributed by atoms with Gasteiger partial charge < -0.3 is 14.6 Å². The molecule has 1 heterocycles. The van der Waals surface area contributed by atoms with E-state index in [0.29, 0.717) is 30.3 Å². The van der Waals surface area contributed by atoms with Crippen molar-refractivity contribution in [1.82, 2.24) is 0 Å². The van der Waals surface area contributed by atoms with Gasteiger partial charge in [0.2, 0.25) is 0 Å². The summed E-state index contributed by atoms with van der Waals surface area (Å²) in [4.78, 5) is 23.0. The topological polar surface area (TPSA) is 72.8 Å². The maximum absolute atomic E-state index is 14.0. The van der Waals surface area contributed by atoms with Gasteiger partial charge in [-0.05, 0) is 36.4 Å². The van der Waals surface area contributed by atoms with Crippen molar-refractivity contribution in [1.29, 1.82) is 0 Å². The van der Waals surface area contributed by atoms with E-state index >= 15 is 0 Å². The van der Waals surface area contributed by atoms with Crippen LogP contribution in [-0.2, 0) is 4.79 Å². The first-order valence-electron chi connectivity index (χ1n) is 7.80. The number of ether oxygens (including phenoxy) is 2. The molecular weight excluding hydrogens is 359 g/mol. The molecule has 0 aliphatic carbocycles. The maximum atomic E-state index is 14.0. The smallest absolute Gasteiger partial charge is 0.313 e. The number of carbonyl (C=O) groups excluding carboxylic acids is 1. The fraction of sp³-hybridized carbons (Fsp3) is 0.158. The van der Waals surface area contributed by atoms with Gasteiger partial charge in [-0.3, -0.25) is 9.59 Å². The summed E-state index contributed by atoms with van der Waals surface area (Å²) in [6.07, 6.45) is 2.94. The number of halogens is 1. The summed E-state index contributed by atoms with van der Waals surface area (Å²) in [5.74, 6) is -1.07. The normalized spacial score (nSPS) is 13.0. The highest BCUT2D eigenvalue weighted by Crippen LogP contribution is 2.34. The number of hydrogen-bond donors (Lipinski definition) is 1. The van der Waals surface area contributed by atoms with Crippen LogP contribution in [-0.4, -0.2) is 35.8 Å². The molecule has 0 atom stereocenters. The second-order valence-electron chi connectivity index (χ2n) is 5.40. The third-order valence-corrected chi connectivity index (χ3v) is 4.61. The van der Waals surface area contributed by atoms with Crippen molar-refractivity contribution >= 4 is 29.6 Å². The Bertz CT molecular complexity index is 878. The molecule has 1 aliphatic heterocycles. The van der Waals surface area contributed by atoms with Gasteiger partial charge in [-0.2, -0.15) is 0 Å². The van der Waals surface area contributed by atoms with Crippen LogP contribution in [0.25, 0.3) is 6.08 Å². The van der Waals surface area contributed by atoms with E-state index in [2.05, 4.69) is 0 Å². The van der Waals surface area contributed by atoms with Crippen molar-refractivity contribution in [2.45, 2.75) is 4.90 Å². The zero-order chi connectivity index (χ0) is 18.5. The van der Waals surface area contributed by atoms with Crippen LogP contribution in [0.3, 0.4) is 0 Å². The molecule has 0 amide bonds. The quantitative estimate of drug-likeness (QED) is 0.473. The highest BCUT2D eigenvalue weighted by Gasteiger charge is 2.14. The average molecular weight is 374 g/mol. The molecule has 3 rings (SSSR count). The number of para-hydroxylation sites is 1. The minimum Gasteiger partial charge on any atom is -0.486 e. The first-order chi connectivity index (χ1) is 12.5. The SMILES string of the molecule is O=C(O)CSc1ccc(C(=O)/C=C\c2cccc3c2OCCO3)cc1F. The van der Waals surface area contributed by atoms with E-state index in [1.165, 1.54) is 18.2 Å². The van der Waals surface area contributed by atoms with E-state index in [1.807, 2.05) is 0 Å². The Morgan fingerprint density at radius 3 is 2.77 bits per heavy atom. The van der Waals surface area contributed by atoms with E-state index in [1.54, 1.807) is 24.3 Å². The number of fused-ring (bicyclic) bond motifs is 1. The Morgan fingerprint density at radius 1 is 1.19 bits per heavy atom. The number of hydrogen-bond acceptors (Lipinski definition) is 5. The van der Waals surface area contributed by atoms with Crippen LogP contribution in [0.1, 0.15) is 15.9 Å². The molecule has 0 radical (unpaired) electrons. The summed E-state index contributed by atoms with van der Waals surface area (Å²) in [5.41, 5.74) is 0.880. The fourth-order valence-corrected chi connectivity index (χ4v) is 3.04. The Labute approximate surface area is 153 Å². The number of carboxylic acids is 1. The predicted molar refractivity (Wildman–Crippen MR) is 95.6 cm³/mol. The lowest BCUT2D eigenvalue weighted by Crippen LogP contribution is -2.15. The molecule has 7 heteroatoms. The molecule has 0 unspecified atom stereocenters. The summed E-state index contributed by atoms with van der Waals surface area (Å²) in [6, 6.07) is 9.37. The number of aliphatic carboxylic acids is 1. The average Bonchev–Trinajstić information content (AvgIpc) is 2.64. The molecule has 0 saturated heterocycles. The third-order valence-electron chi connectivity index (χ3n) is 3.58. The molecule has 2 aromatic rings. The van der Waals surface area contributed by atoms with Crippen LogP contribution in [0.5, 0.6) is 11.5 Å². The van der Waals surface area contributed by atoms with Gasteiger partial charge in [0.15, 0.2) is 17.3 Å². The van der Waals surface area contributed by atoms with Gasteiger partial charge in [0, 0.05) is 16.0 Å². The molecule has 0 aromatic heterocycles. The van der Waals surface area contributed by atoms with Crippen molar-refractivity contribution < 1.29 is 28.6 Å². The lowest BCUT2D eigenvalue weighted by atomic mass is 10.1. The standard InChI is InChI=1S/C19H15FO5S/c20-14-10-13(5-7-17(14)26-11-18(22)23)15(21)6-4-12-2-1-3-16-19(12)25-9-8-24-16/h1-7,10H,8-9,11H2,(H,22,23)/b6-4-. The molecular formula is C19H15FO5S. The van der Waals surface area contributed by atoms with Crippen molar-refractivity contribution in [3.05, 3.63) is 59.4 Å². The number of allylic oxidation sites excluding steroid dienone is 1. The zero-order valence-electron chi connectivity index (χ0n) is 13.6. The maximum Gasteiger partial charge on any atom is 0.313 e. The van der Waals surface area contributed by atoms with Gasteiger partial charge in [-0.1, -0.05) is 12.1 Å². The summed E-state index contributed by atoms with van der Waals surface area (Å²) >= 11 is 0.867. The molecule has 26 heavy (non-hydrogen) atoms. The first-order valence-corrected chi connectivity index (χ1v) is 8.78. The van der Waals surface area contributed by atoms with Crippen LogP contribution >= 0.6 is 11.8 Å². The monoisotopic (exact) mass is 374 g/mol. The molecule has 2 aromatic carbocycles. The van der Waals surface area contributed by atoms with Crippen molar-refractivity contribution in [2.75, 3.05) is 19.0 Å². The van der Waals surface area contributed by atoms with Gasteiger partial charge in [0.1, 0.15) is 19.0 Å². The number of benzene rings is 2. The largest absolute Gasteiger partial charge is 0.486 e. The molecule has 1 N–H and O–H groups in total. The zero-order valence-corrected chi connectivity index (χ0v) is 14.4. The Kier molecular flexibility index (Phi) is 5.58. The molecule has 0 bridgehead atoms. The molecule has 0 fully saturated rings. The Balaban J connectivity index is 1.75. The van der Waals surface area contributed by atoms with Gasteiger partial charge in [-0.15, -0.1) is 11.8 Å². The third kappa shape index (κ3) is 4.23. The van der Waals surface area contributed by atoms with E-state index in [4.69, 9.17) is 14.6 Å². The van der Waals surface area contributed by atoms with Gasteiger partial charge in [-0.25, -0.2) is 4.39 Å². The van der Waals surface area contributed by atoms with Crippen molar-refractivity contribution in [3.63, 3.8) is 0 Å². The fourth-order valence-electron chi connectivity index (χ4n) is 2.40. The summed E-state index contributed by atoms with van der Waals surface area (Å²) in [5, 5.41) is 8.65. The lowest BCUT2D eigenvalue weighted by Gasteiger charge is -2.19. The summed E-state index contributed by atoms with van der Waals surface area (Å²) in [7, 11) is 0. The Morgan fingerprint density at radius 2 is 2.00 bits per heavy atom. The highest BCUT2D eigenvalue weighted by molar-refractivity contribution is 8.00. The highest BCUT2D eigenvalue weighted by atomic mass is 32.2.